The molecule has 0 spiro atoms. The van der Waals surface area contributed by atoms with Crippen molar-refractivity contribution in [1.29, 1.82) is 0 Å². The molecule has 1 radical (unpaired) electrons. The summed E-state index contributed by atoms with van der Waals surface area (Å²) in [6, 6.07) is 6.41. The predicted molar refractivity (Wildman–Crippen MR) is 71.0 cm³/mol. The molecular weight excluding hydrogens is 232 g/mol. The molecular formula is C12H15N4S. The second kappa shape index (κ2) is 4.25. The van der Waals surface area contributed by atoms with Crippen LogP contribution >= 0.6 is 11.3 Å². The van der Waals surface area contributed by atoms with Crippen molar-refractivity contribution in [3.63, 3.8) is 0 Å². The first-order valence-electron chi connectivity index (χ1n) is 5.79. The van der Waals surface area contributed by atoms with Crippen molar-refractivity contribution in [1.82, 2.24) is 4.98 Å². The van der Waals surface area contributed by atoms with Gasteiger partial charge in [-0.2, -0.15) is 0 Å². The zero-order valence-electron chi connectivity index (χ0n) is 9.47. The van der Waals surface area contributed by atoms with Crippen molar-refractivity contribution < 1.29 is 0 Å². The van der Waals surface area contributed by atoms with Gasteiger partial charge < -0.3 is 16.4 Å². The maximum absolute atomic E-state index is 6.17. The predicted octanol–water partition coefficient (Wildman–Crippen LogP) is 1.31. The molecule has 2 heterocycles. The molecule has 0 saturated carbocycles. The van der Waals surface area contributed by atoms with Gasteiger partial charge in [-0.3, -0.25) is 0 Å². The van der Waals surface area contributed by atoms with Crippen LogP contribution in [0.15, 0.2) is 18.2 Å². The Bertz CT molecular complexity index is 524. The average Bonchev–Trinajstić information content (AvgIpc) is 2.77. The molecule has 2 unspecified atom stereocenters. The molecule has 89 valence electrons. The summed E-state index contributed by atoms with van der Waals surface area (Å²) < 4.78 is 1.16. The van der Waals surface area contributed by atoms with Gasteiger partial charge in [0.15, 0.2) is 5.51 Å². The average molecular weight is 247 g/mol. The maximum atomic E-state index is 6.17. The highest BCUT2D eigenvalue weighted by atomic mass is 32.1. The van der Waals surface area contributed by atoms with Crippen molar-refractivity contribution in [2.75, 3.05) is 11.4 Å². The highest BCUT2D eigenvalue weighted by Crippen LogP contribution is 2.30. The molecule has 0 aliphatic carbocycles. The van der Waals surface area contributed by atoms with E-state index < -0.39 is 0 Å². The van der Waals surface area contributed by atoms with Gasteiger partial charge in [0, 0.05) is 12.6 Å². The molecule has 1 saturated heterocycles. The van der Waals surface area contributed by atoms with Crippen LogP contribution in [0, 0.1) is 5.51 Å². The minimum absolute atomic E-state index is 0.00829. The van der Waals surface area contributed by atoms with Gasteiger partial charge in [0.05, 0.1) is 16.6 Å². The molecule has 4 N–H and O–H groups in total. The number of nitrogens with zero attached hydrogens (tertiary/aromatic N) is 2. The van der Waals surface area contributed by atoms with E-state index in [0.717, 1.165) is 35.3 Å². The number of hydrogen-bond donors (Lipinski definition) is 2. The van der Waals surface area contributed by atoms with E-state index in [-0.39, 0.29) is 12.2 Å². The SMILES string of the molecule is NC1CCN(c2cccc3s[c]nc23)C(N)C1. The van der Waals surface area contributed by atoms with Crippen LogP contribution in [0.2, 0.25) is 0 Å². The molecule has 1 aromatic carbocycles. The summed E-state index contributed by atoms with van der Waals surface area (Å²) in [7, 11) is 0. The number of hydrogen-bond acceptors (Lipinski definition) is 5. The highest BCUT2D eigenvalue weighted by molar-refractivity contribution is 7.16. The molecule has 2 atom stereocenters. The Kier molecular flexibility index (Phi) is 2.74. The van der Waals surface area contributed by atoms with Gasteiger partial charge >= 0.3 is 0 Å². The lowest BCUT2D eigenvalue weighted by molar-refractivity contribution is 0.419. The normalized spacial score (nSPS) is 25.4. The molecule has 0 bridgehead atoms. The van der Waals surface area contributed by atoms with Crippen molar-refractivity contribution in [2.24, 2.45) is 11.5 Å². The van der Waals surface area contributed by atoms with Gasteiger partial charge in [0.1, 0.15) is 5.52 Å². The molecule has 2 aromatic rings. The molecule has 5 heteroatoms. The summed E-state index contributed by atoms with van der Waals surface area (Å²) in [5, 5.41) is 0. The molecule has 3 rings (SSSR count). The maximum Gasteiger partial charge on any atom is 0.153 e. The van der Waals surface area contributed by atoms with E-state index in [0.29, 0.717) is 0 Å². The van der Waals surface area contributed by atoms with Crippen LogP contribution in [0.4, 0.5) is 5.69 Å². The Morgan fingerprint density at radius 1 is 1.41 bits per heavy atom. The number of benzene rings is 1. The van der Waals surface area contributed by atoms with E-state index in [1.165, 1.54) is 11.3 Å². The summed E-state index contributed by atoms with van der Waals surface area (Å²) >= 11 is 1.54. The Hall–Kier alpha value is -1.17. The fourth-order valence-corrected chi connectivity index (χ4v) is 3.01. The fraction of sp³-hybridized carbons (Fsp3) is 0.417. The van der Waals surface area contributed by atoms with E-state index in [9.17, 15) is 0 Å². The van der Waals surface area contributed by atoms with Crippen molar-refractivity contribution in [3.05, 3.63) is 23.7 Å². The van der Waals surface area contributed by atoms with E-state index in [2.05, 4.69) is 27.5 Å². The summed E-state index contributed by atoms with van der Waals surface area (Å²) in [5.74, 6) is 0. The topological polar surface area (TPSA) is 68.2 Å². The van der Waals surface area contributed by atoms with Gasteiger partial charge in [0.2, 0.25) is 0 Å². The Labute approximate surface area is 104 Å². The second-order valence-electron chi connectivity index (χ2n) is 4.47. The third kappa shape index (κ3) is 1.90. The number of para-hydroxylation sites is 1. The lowest BCUT2D eigenvalue weighted by Crippen LogP contribution is -2.51. The molecule has 17 heavy (non-hydrogen) atoms. The third-order valence-electron chi connectivity index (χ3n) is 3.29. The minimum Gasteiger partial charge on any atom is -0.354 e. The molecule has 1 aliphatic heterocycles. The largest absolute Gasteiger partial charge is 0.354 e. The third-order valence-corrected chi connectivity index (χ3v) is 4.02. The Balaban J connectivity index is 2.00. The standard InChI is InChI=1S/C12H15N4S/c13-8-4-5-16(11(14)6-8)9-2-1-3-10-12(9)15-7-17-10/h1-3,8,11H,4-6,13-14H2. The number of anilines is 1. The summed E-state index contributed by atoms with van der Waals surface area (Å²) in [6.45, 7) is 0.902. The first kappa shape index (κ1) is 11.0. The number of piperidine rings is 1. The van der Waals surface area contributed by atoms with Crippen LogP contribution in [-0.2, 0) is 0 Å². The lowest BCUT2D eigenvalue weighted by Gasteiger charge is -2.37. The van der Waals surface area contributed by atoms with E-state index in [1.54, 1.807) is 0 Å². The molecule has 0 amide bonds. The summed E-state index contributed by atoms with van der Waals surface area (Å²) in [6.07, 6.45) is 1.81. The van der Waals surface area contributed by atoms with Gasteiger partial charge in [-0.05, 0) is 25.0 Å². The molecule has 1 aliphatic rings. The van der Waals surface area contributed by atoms with E-state index >= 15 is 0 Å². The Morgan fingerprint density at radius 2 is 2.29 bits per heavy atom. The zero-order chi connectivity index (χ0) is 11.8. The first-order chi connectivity index (χ1) is 8.25. The summed E-state index contributed by atoms with van der Waals surface area (Å²) in [4.78, 5) is 6.52. The number of rotatable bonds is 1. The van der Waals surface area contributed by atoms with Crippen LogP contribution in [0.3, 0.4) is 0 Å². The van der Waals surface area contributed by atoms with Crippen molar-refractivity contribution in [3.8, 4) is 0 Å². The van der Waals surface area contributed by atoms with Crippen LogP contribution in [0.5, 0.6) is 0 Å². The van der Waals surface area contributed by atoms with E-state index in [4.69, 9.17) is 11.5 Å². The van der Waals surface area contributed by atoms with Crippen molar-refractivity contribution >= 4 is 27.2 Å². The molecule has 1 aromatic heterocycles. The van der Waals surface area contributed by atoms with Gasteiger partial charge in [-0.15, -0.1) is 11.3 Å². The van der Waals surface area contributed by atoms with Crippen LogP contribution < -0.4 is 16.4 Å². The van der Waals surface area contributed by atoms with Gasteiger partial charge in [-0.25, -0.2) is 4.98 Å². The smallest absolute Gasteiger partial charge is 0.153 e. The van der Waals surface area contributed by atoms with Crippen LogP contribution in [0.1, 0.15) is 12.8 Å². The van der Waals surface area contributed by atoms with Crippen LogP contribution in [0.25, 0.3) is 10.2 Å². The van der Waals surface area contributed by atoms with Gasteiger partial charge in [0.25, 0.3) is 0 Å². The minimum atomic E-state index is -0.00829. The monoisotopic (exact) mass is 247 g/mol. The molecule has 1 fully saturated rings. The number of nitrogens with two attached hydrogens (primary N) is 2. The second-order valence-corrected chi connectivity index (χ2v) is 5.30. The number of fused-ring (bicyclic) bond motifs is 1. The number of aromatic nitrogens is 1. The van der Waals surface area contributed by atoms with Gasteiger partial charge in [-0.1, -0.05) is 6.07 Å². The molecule has 4 nitrogen and oxygen atoms in total. The quantitative estimate of drug-likeness (QED) is 0.797. The van der Waals surface area contributed by atoms with Crippen molar-refractivity contribution in [2.45, 2.75) is 25.0 Å². The number of thiazole rings is 1. The van der Waals surface area contributed by atoms with E-state index in [1.807, 2.05) is 6.07 Å². The fourth-order valence-electron chi connectivity index (χ4n) is 2.38. The summed E-state index contributed by atoms with van der Waals surface area (Å²) in [5.41, 5.74) is 17.2. The first-order valence-corrected chi connectivity index (χ1v) is 6.61. The highest BCUT2D eigenvalue weighted by Gasteiger charge is 2.25. The zero-order valence-corrected chi connectivity index (χ0v) is 10.3. The Morgan fingerprint density at radius 3 is 3.12 bits per heavy atom. The van der Waals surface area contributed by atoms with Crippen LogP contribution in [-0.4, -0.2) is 23.7 Å². The lowest BCUT2D eigenvalue weighted by atomic mass is 10.0.